The Bertz CT molecular complexity index is 1070. The molecule has 0 aliphatic carbocycles. The number of nitrogens with zero attached hydrogens (tertiary/aromatic N) is 1. The number of carbonyl (C=O) groups is 2. The number of nitrogens with one attached hydrogen (secondary N) is 1. The maximum atomic E-state index is 14.0. The number of alkyl halides is 13. The summed E-state index contributed by atoms with van der Waals surface area (Å²) in [6, 6.07) is 1.24. The highest BCUT2D eigenvalue weighted by Gasteiger charge is 2.91. The minimum atomic E-state index is -8.17. The van der Waals surface area contributed by atoms with Crippen LogP contribution >= 0.6 is 11.3 Å². The van der Waals surface area contributed by atoms with E-state index in [0.29, 0.717) is 0 Å². The van der Waals surface area contributed by atoms with Crippen LogP contribution in [0.25, 0.3) is 0 Å². The maximum absolute atomic E-state index is 14.0. The number of hydrogen-bond acceptors (Lipinski definition) is 5. The average Bonchev–Trinajstić information content (AvgIpc) is 3.00. The monoisotopic (exact) mass is 570 g/mol. The van der Waals surface area contributed by atoms with E-state index < -0.39 is 69.2 Å². The van der Waals surface area contributed by atoms with E-state index in [1.165, 1.54) is 19.9 Å². The van der Waals surface area contributed by atoms with Crippen molar-refractivity contribution < 1.29 is 71.4 Å². The molecule has 1 heterocycles. The number of rotatable bonds is 8. The third-order valence-electron chi connectivity index (χ3n) is 4.23. The molecular formula is C17H11F13N2O3S. The number of thiophene rings is 1. The summed E-state index contributed by atoms with van der Waals surface area (Å²) in [5.41, 5.74) is -1.26. The van der Waals surface area contributed by atoms with Gasteiger partial charge in [-0.15, -0.1) is 11.3 Å². The van der Waals surface area contributed by atoms with Gasteiger partial charge in [-0.3, -0.25) is 4.79 Å². The van der Waals surface area contributed by atoms with Crippen molar-refractivity contribution in [3.8, 4) is 6.07 Å². The normalized spacial score (nSPS) is 14.0. The van der Waals surface area contributed by atoms with Crippen molar-refractivity contribution >= 4 is 28.2 Å². The van der Waals surface area contributed by atoms with Crippen LogP contribution in [0.4, 0.5) is 62.1 Å². The first kappa shape index (κ1) is 31.3. The standard InChI is InChI=1S/C17H11F13N2O3S/c1-5(2)35-10(33)8-6(3)7(4-31)9(36-8)32-11(34)12(18,19)13(20,21)14(22,23)15(24,25)16(26,27)17(28,29)30/h5H,1-3H3,(H,32,34). The summed E-state index contributed by atoms with van der Waals surface area (Å²) in [6.45, 7) is 3.66. The van der Waals surface area contributed by atoms with Crippen molar-refractivity contribution in [2.24, 2.45) is 0 Å². The Morgan fingerprint density at radius 3 is 1.69 bits per heavy atom. The van der Waals surface area contributed by atoms with E-state index in [9.17, 15) is 66.7 Å². The van der Waals surface area contributed by atoms with Gasteiger partial charge < -0.3 is 10.1 Å². The van der Waals surface area contributed by atoms with Gasteiger partial charge in [0.15, 0.2) is 0 Å². The van der Waals surface area contributed by atoms with Crippen LogP contribution in [0, 0.1) is 18.3 Å². The molecule has 0 fully saturated rings. The predicted molar refractivity (Wildman–Crippen MR) is 93.7 cm³/mol. The highest BCUT2D eigenvalue weighted by molar-refractivity contribution is 7.18. The first-order valence-electron chi connectivity index (χ1n) is 8.84. The lowest BCUT2D eigenvalue weighted by atomic mass is 9.93. The number of halogens is 13. The van der Waals surface area contributed by atoms with Gasteiger partial charge in [-0.05, 0) is 26.3 Å². The van der Waals surface area contributed by atoms with Gasteiger partial charge in [-0.1, -0.05) is 0 Å². The van der Waals surface area contributed by atoms with Gasteiger partial charge in [-0.2, -0.15) is 62.3 Å². The Balaban J connectivity index is 3.51. The number of esters is 1. The molecule has 0 atom stereocenters. The Labute approximate surface area is 195 Å². The van der Waals surface area contributed by atoms with Crippen LogP contribution in [0.5, 0.6) is 0 Å². The largest absolute Gasteiger partial charge is 0.460 e. The summed E-state index contributed by atoms with van der Waals surface area (Å²) >= 11 is -0.0751. The molecule has 19 heteroatoms. The molecule has 0 unspecified atom stereocenters. The van der Waals surface area contributed by atoms with Gasteiger partial charge in [0.05, 0.1) is 11.7 Å². The van der Waals surface area contributed by atoms with Crippen molar-refractivity contribution in [1.82, 2.24) is 0 Å². The summed E-state index contributed by atoms with van der Waals surface area (Å²) in [7, 11) is 0. The minimum Gasteiger partial charge on any atom is -0.459 e. The Morgan fingerprint density at radius 2 is 1.31 bits per heavy atom. The number of amides is 1. The van der Waals surface area contributed by atoms with E-state index >= 15 is 0 Å². The first-order chi connectivity index (χ1) is 15.8. The molecule has 0 radical (unpaired) electrons. The predicted octanol–water partition coefficient (Wildman–Crippen LogP) is 6.17. The third kappa shape index (κ3) is 4.66. The molecule has 0 spiro atoms. The van der Waals surface area contributed by atoms with E-state index in [1.807, 2.05) is 0 Å². The van der Waals surface area contributed by atoms with Crippen LogP contribution in [0.15, 0.2) is 0 Å². The third-order valence-corrected chi connectivity index (χ3v) is 5.42. The van der Waals surface area contributed by atoms with E-state index in [1.54, 1.807) is 0 Å². The topological polar surface area (TPSA) is 79.2 Å². The van der Waals surface area contributed by atoms with E-state index in [2.05, 4.69) is 0 Å². The molecule has 1 rings (SSSR count). The lowest BCUT2D eigenvalue weighted by molar-refractivity contribution is -0.435. The number of ether oxygens (including phenoxy) is 1. The Morgan fingerprint density at radius 1 is 0.861 bits per heavy atom. The van der Waals surface area contributed by atoms with Crippen LogP contribution in [0.3, 0.4) is 0 Å². The maximum Gasteiger partial charge on any atom is 0.460 e. The Hall–Kier alpha value is -2.78. The van der Waals surface area contributed by atoms with Crippen molar-refractivity contribution in [3.05, 3.63) is 16.0 Å². The quantitative estimate of drug-likeness (QED) is 0.300. The number of carbonyl (C=O) groups excluding carboxylic acids is 2. The molecule has 1 amide bonds. The van der Waals surface area contributed by atoms with E-state index in [4.69, 9.17) is 10.00 Å². The Kier molecular flexibility index (Phi) is 8.04. The van der Waals surface area contributed by atoms with Gasteiger partial charge >= 0.3 is 47.7 Å². The molecule has 1 aromatic heterocycles. The lowest BCUT2D eigenvalue weighted by Gasteiger charge is -2.39. The van der Waals surface area contributed by atoms with Crippen molar-refractivity contribution in [2.45, 2.75) is 62.7 Å². The number of anilines is 1. The van der Waals surface area contributed by atoms with Crippen LogP contribution < -0.4 is 5.32 Å². The molecule has 5 nitrogen and oxygen atoms in total. The fourth-order valence-electron chi connectivity index (χ4n) is 2.29. The summed E-state index contributed by atoms with van der Waals surface area (Å²) in [6.07, 6.45) is -8.38. The number of hydrogen-bond donors (Lipinski definition) is 1. The van der Waals surface area contributed by atoms with Crippen molar-refractivity contribution in [3.63, 3.8) is 0 Å². The van der Waals surface area contributed by atoms with Crippen molar-refractivity contribution in [1.29, 1.82) is 5.26 Å². The summed E-state index contributed by atoms with van der Waals surface area (Å²) in [4.78, 5) is 23.1. The molecule has 0 bridgehead atoms. The highest BCUT2D eigenvalue weighted by Crippen LogP contribution is 2.60. The molecule has 36 heavy (non-hydrogen) atoms. The van der Waals surface area contributed by atoms with Gasteiger partial charge in [0, 0.05) is 0 Å². The SMILES string of the molecule is Cc1c(C(=O)OC(C)C)sc(NC(=O)C(F)(F)C(F)(F)C(F)(F)C(F)(F)C(F)(F)C(F)(F)F)c1C#N. The second-order valence-corrected chi connectivity index (χ2v) is 8.17. The average molecular weight is 570 g/mol. The minimum absolute atomic E-state index is 0.0751. The fraction of sp³-hybridized carbons (Fsp3) is 0.588. The molecule has 0 aromatic carbocycles. The fourth-order valence-corrected chi connectivity index (χ4v) is 3.33. The van der Waals surface area contributed by atoms with E-state index in [0.717, 1.165) is 12.2 Å². The lowest BCUT2D eigenvalue weighted by Crippen LogP contribution is -2.71. The smallest absolute Gasteiger partial charge is 0.459 e. The van der Waals surface area contributed by atoms with Gasteiger partial charge in [0.2, 0.25) is 0 Å². The van der Waals surface area contributed by atoms with Crippen LogP contribution in [-0.4, -0.2) is 53.8 Å². The molecule has 0 aliphatic heterocycles. The molecule has 1 N–H and O–H groups in total. The molecule has 1 aromatic rings. The molecule has 0 aliphatic rings. The second kappa shape index (κ2) is 9.27. The molecular weight excluding hydrogens is 559 g/mol. The van der Waals surface area contributed by atoms with Crippen LogP contribution in [0.1, 0.15) is 34.6 Å². The molecule has 0 saturated carbocycles. The van der Waals surface area contributed by atoms with E-state index in [-0.39, 0.29) is 16.9 Å². The summed E-state index contributed by atoms with van der Waals surface area (Å²) in [5.74, 6) is -44.0. The van der Waals surface area contributed by atoms with Gasteiger partial charge in [-0.25, -0.2) is 4.79 Å². The van der Waals surface area contributed by atoms with Gasteiger partial charge in [0.1, 0.15) is 15.9 Å². The molecule has 0 saturated heterocycles. The van der Waals surface area contributed by atoms with Gasteiger partial charge in [0.25, 0.3) is 0 Å². The number of nitriles is 1. The first-order valence-corrected chi connectivity index (χ1v) is 9.66. The summed E-state index contributed by atoms with van der Waals surface area (Å²) < 4.78 is 176. The van der Waals surface area contributed by atoms with Crippen LogP contribution in [0.2, 0.25) is 0 Å². The second-order valence-electron chi connectivity index (χ2n) is 7.15. The zero-order valence-electron chi connectivity index (χ0n) is 17.6. The summed E-state index contributed by atoms with van der Waals surface area (Å²) in [5, 5.41) is 8.68. The highest BCUT2D eigenvalue weighted by atomic mass is 32.1. The van der Waals surface area contributed by atoms with Crippen molar-refractivity contribution in [2.75, 3.05) is 5.32 Å². The van der Waals surface area contributed by atoms with Crippen LogP contribution in [-0.2, 0) is 9.53 Å². The zero-order valence-corrected chi connectivity index (χ0v) is 18.4. The zero-order chi connectivity index (χ0) is 28.9. The molecule has 204 valence electrons.